The fraction of sp³-hybridized carbons (Fsp3) is 0.147. The molecule has 0 spiro atoms. The summed E-state index contributed by atoms with van der Waals surface area (Å²) in [5, 5.41) is 41.8. The zero-order chi connectivity index (χ0) is 45.8. The number of carboxylic acid groups (broad SMARTS) is 4. The Kier molecular flexibility index (Phi) is 36.5. The summed E-state index contributed by atoms with van der Waals surface area (Å²) in [5.41, 5.74) is -1.01. The van der Waals surface area contributed by atoms with Gasteiger partial charge in [0.15, 0.2) is 0 Å². The molecule has 0 amide bonds. The fourth-order valence-electron chi connectivity index (χ4n) is 3.33. The number of rotatable bonds is 8. The van der Waals surface area contributed by atoms with E-state index in [1.165, 1.54) is 104 Å². The van der Waals surface area contributed by atoms with Crippen molar-refractivity contribution in [2.24, 2.45) is 0 Å². The first-order valence-corrected chi connectivity index (χ1v) is 23.2. The summed E-state index contributed by atoms with van der Waals surface area (Å²) < 4.78 is 127. The van der Waals surface area contributed by atoms with Crippen LogP contribution in [0.25, 0.3) is 0 Å². The Balaban J connectivity index is -0.000000227. The first kappa shape index (κ1) is 69.5. The number of nitrogens with zero attached hydrogens (tertiary/aromatic N) is 1. The molecule has 0 unspecified atom stereocenters. The van der Waals surface area contributed by atoms with Crippen molar-refractivity contribution in [3.8, 4) is 6.07 Å². The molecule has 0 heterocycles. The lowest BCUT2D eigenvalue weighted by Crippen LogP contribution is -3.67. The molecule has 9 nitrogen and oxygen atoms in total. The highest BCUT2D eigenvalue weighted by Crippen LogP contribution is 2.06. The summed E-state index contributed by atoms with van der Waals surface area (Å²) in [6.07, 6.45) is 0. The van der Waals surface area contributed by atoms with Crippen LogP contribution in [0.1, 0.15) is 48.4 Å². The lowest BCUT2D eigenvalue weighted by atomic mass is 10.2. The zero-order valence-corrected chi connectivity index (χ0v) is 41.8. The molecule has 0 aliphatic carbocycles. The summed E-state index contributed by atoms with van der Waals surface area (Å²) in [6.45, 7) is 1.43. The van der Waals surface area contributed by atoms with Gasteiger partial charge in [0.1, 0.15) is 22.3 Å². The van der Waals surface area contributed by atoms with Gasteiger partial charge in [-0.15, -0.1) is 52.7 Å². The zero-order valence-electron chi connectivity index (χ0n) is 30.2. The lowest BCUT2D eigenvalue weighted by molar-refractivity contribution is -0.794. The van der Waals surface area contributed by atoms with Crippen molar-refractivity contribution in [1.29, 1.82) is 5.26 Å². The highest BCUT2D eigenvalue weighted by molar-refractivity contribution is 5.88. The van der Waals surface area contributed by atoms with Crippen LogP contribution in [0.4, 0.5) is 52.7 Å². The second-order valence-electron chi connectivity index (χ2n) is 9.46. The summed E-state index contributed by atoms with van der Waals surface area (Å²) >= 11 is -9.01. The number of benzene rings is 4. The van der Waals surface area contributed by atoms with Crippen LogP contribution < -0.4 is 134 Å². The largest absolute Gasteiger partial charge is 1.00 e. The number of hydrogen-bond acceptors (Lipinski definition) is 5. The number of alkyl halides is 16. The van der Waals surface area contributed by atoms with Crippen LogP contribution in [0, 0.1) is 25.6 Å². The van der Waals surface area contributed by atoms with Gasteiger partial charge in [0.25, 0.3) is 0 Å². The molecule has 0 radical (unpaired) electrons. The van der Waals surface area contributed by atoms with Gasteiger partial charge in [0.05, 0.1) is 6.07 Å². The molecule has 0 saturated carbocycles. The minimum absolute atomic E-state index is 0. The van der Waals surface area contributed by atoms with E-state index in [2.05, 4.69) is 0 Å². The molecule has 4 rings (SSSR count). The molecule has 4 aromatic carbocycles. The molecule has 0 aliphatic rings. The number of nitriles is 1. The second kappa shape index (κ2) is 33.0. The quantitative estimate of drug-likeness (QED) is 0.0761. The van der Waals surface area contributed by atoms with Crippen LogP contribution in [-0.4, -0.2) is 61.0 Å². The topological polar surface area (TPSA) is 173 Å². The van der Waals surface area contributed by atoms with Crippen molar-refractivity contribution in [2.75, 3.05) is 0 Å². The van der Waals surface area contributed by atoms with Crippen LogP contribution in [0.15, 0.2) is 97.1 Å². The van der Waals surface area contributed by atoms with Gasteiger partial charge < -0.3 is 70.1 Å². The highest BCUT2D eigenvalue weighted by atomic mass is 127. The molecule has 4 N–H and O–H groups in total. The summed E-state index contributed by atoms with van der Waals surface area (Å²) in [7, 11) is 0. The van der Waals surface area contributed by atoms with Gasteiger partial charge in [-0.2, -0.15) is 5.26 Å². The molecule has 0 atom stereocenters. The smallest absolute Gasteiger partial charge is 0.609 e. The van der Waals surface area contributed by atoms with Gasteiger partial charge in [-0.1, -0.05) is 48.5 Å². The van der Waals surface area contributed by atoms with E-state index in [4.69, 9.17) is 25.7 Å². The Labute approximate surface area is 415 Å². The molecule has 4 aromatic rings. The van der Waals surface area contributed by atoms with Crippen molar-refractivity contribution in [1.82, 2.24) is 0 Å². The average molecular weight is 1450 g/mol. The van der Waals surface area contributed by atoms with Crippen molar-refractivity contribution in [3.63, 3.8) is 0 Å². The number of carbonyl (C=O) groups is 4. The maximum absolute atomic E-state index is 12.0. The van der Waals surface area contributed by atoms with Crippen molar-refractivity contribution >= 4 is 23.9 Å². The Bertz CT molecular complexity index is 1800. The number of carboxylic acids is 4. The number of hydrogen-bond donors (Lipinski definition) is 4. The first-order valence-electron chi connectivity index (χ1n) is 14.5. The van der Waals surface area contributed by atoms with Gasteiger partial charge in [0.2, 0.25) is 14.3 Å². The third-order valence-corrected chi connectivity index (χ3v) is 13.8. The Morgan fingerprint density at radius 3 is 0.635 bits per heavy atom. The SMILES string of the molecule is CC#N.O=C(O)c1ccccc1[I+]C(F)(F)F.O=C(O)c1ccccc1[I+]C(F)(F)F.O=C(O)c1ccccc1[I+]C(F)(F)F.O=C(O)c1ccccc1[I+]C(F)(F)F.[Cl-].[Cl-].[Cl-].[Cl-]. The molecule has 0 bridgehead atoms. The lowest BCUT2D eigenvalue weighted by Gasteiger charge is -1.94. The van der Waals surface area contributed by atoms with E-state index in [-0.39, 0.29) is 86.2 Å². The third-order valence-electron chi connectivity index (χ3n) is 5.25. The molecule has 0 aliphatic heterocycles. The van der Waals surface area contributed by atoms with E-state index in [9.17, 15) is 71.9 Å². The van der Waals surface area contributed by atoms with Crippen LogP contribution >= 0.6 is 0 Å². The summed E-state index contributed by atoms with van der Waals surface area (Å²) in [6, 6.07) is 22.6. The monoisotopic (exact) mass is 1450 g/mol. The molecule has 0 saturated heterocycles. The number of aromatic carboxylic acids is 4. The molecular formula is C34H23Cl4F12I4NO8. The Morgan fingerprint density at radius 2 is 0.524 bits per heavy atom. The maximum atomic E-state index is 12.0. The van der Waals surface area contributed by atoms with E-state index in [1.54, 1.807) is 6.07 Å². The van der Waals surface area contributed by atoms with E-state index in [0.29, 0.717) is 0 Å². The minimum atomic E-state index is -4.27. The molecule has 0 fully saturated rings. The molecule has 0 aromatic heterocycles. The molecular weight excluding hydrogens is 1430 g/mol. The van der Waals surface area contributed by atoms with Crippen molar-refractivity contribution in [3.05, 3.63) is 134 Å². The van der Waals surface area contributed by atoms with Crippen LogP contribution in [-0.2, 0) is 0 Å². The van der Waals surface area contributed by atoms with Crippen LogP contribution in [0.2, 0.25) is 0 Å². The predicted molar refractivity (Wildman–Crippen MR) is 164 cm³/mol. The Hall–Kier alpha value is -2.51. The van der Waals surface area contributed by atoms with Crippen LogP contribution in [0.5, 0.6) is 0 Å². The first-order chi connectivity index (χ1) is 27.0. The minimum Gasteiger partial charge on any atom is -1.00 e. The van der Waals surface area contributed by atoms with Gasteiger partial charge in [-0.05, 0) is 48.5 Å². The molecule has 352 valence electrons. The highest BCUT2D eigenvalue weighted by Gasteiger charge is 2.51. The van der Waals surface area contributed by atoms with E-state index in [0.717, 1.165) is 0 Å². The van der Waals surface area contributed by atoms with Crippen molar-refractivity contribution in [2.45, 2.75) is 23.7 Å². The summed E-state index contributed by atoms with van der Waals surface area (Å²) in [5.74, 6) is -5.26. The predicted octanol–water partition coefficient (Wildman–Crippen LogP) is -14.8. The standard InChI is InChI=1S/4C8H4F3IO2.C2H3N.4ClH/c4*9-8(10,11)12-6-4-2-1-3-5(6)7(13)14;1-2-3;;;;/h4*1-4H;1H3;4*1H. The van der Waals surface area contributed by atoms with E-state index >= 15 is 0 Å². The Morgan fingerprint density at radius 1 is 0.397 bits per heavy atom. The normalized spacial score (nSPS) is 10.2. The summed E-state index contributed by atoms with van der Waals surface area (Å²) in [4.78, 5) is 42.2. The van der Waals surface area contributed by atoms with E-state index < -0.39 is 125 Å². The average Bonchev–Trinajstić information content (AvgIpc) is 3.07. The van der Waals surface area contributed by atoms with Gasteiger partial charge in [-0.25, -0.2) is 19.2 Å². The molecule has 29 heteroatoms. The van der Waals surface area contributed by atoms with Crippen molar-refractivity contribution < 1.29 is 227 Å². The second-order valence-corrected chi connectivity index (χ2v) is 21.2. The maximum Gasteiger partial charge on any atom is 0.609 e. The van der Waals surface area contributed by atoms with Gasteiger partial charge in [0, 0.05) is 6.92 Å². The third kappa shape index (κ3) is 32.7. The van der Waals surface area contributed by atoms with Gasteiger partial charge in [-0.3, -0.25) is 0 Å². The van der Waals surface area contributed by atoms with Gasteiger partial charge >= 0.3 is 125 Å². The number of halogens is 20. The molecule has 63 heavy (non-hydrogen) atoms. The van der Waals surface area contributed by atoms with Crippen LogP contribution in [0.3, 0.4) is 0 Å². The van der Waals surface area contributed by atoms with E-state index in [1.807, 2.05) is 0 Å². The fourth-order valence-corrected chi connectivity index (χ4v) is 10.3.